The van der Waals surface area contributed by atoms with E-state index in [2.05, 4.69) is 11.0 Å². The summed E-state index contributed by atoms with van der Waals surface area (Å²) in [5.74, 6) is 0.519. The topological polar surface area (TPSA) is 90.1 Å². The molecule has 2 saturated heterocycles. The molecule has 2 amide bonds. The molecule has 7 nitrogen and oxygen atoms in total. The maximum absolute atomic E-state index is 13.2. The van der Waals surface area contributed by atoms with Gasteiger partial charge >= 0.3 is 0 Å². The summed E-state index contributed by atoms with van der Waals surface area (Å²) < 4.78 is 0. The van der Waals surface area contributed by atoms with Gasteiger partial charge in [0.15, 0.2) is 0 Å². The molecular weight excluding hydrogens is 440 g/mol. The predicted molar refractivity (Wildman–Crippen MR) is 138 cm³/mol. The summed E-state index contributed by atoms with van der Waals surface area (Å²) in [4.78, 5) is 31.3. The first kappa shape index (κ1) is 26.1. The molecule has 1 aliphatic carbocycles. The first-order valence-corrected chi connectivity index (χ1v) is 13.6. The van der Waals surface area contributed by atoms with Crippen LogP contribution in [0.5, 0.6) is 0 Å². The molecule has 7 heteroatoms. The van der Waals surface area contributed by atoms with E-state index < -0.39 is 6.10 Å². The van der Waals surface area contributed by atoms with E-state index in [4.69, 9.17) is 5.73 Å². The fraction of sp³-hybridized carbons (Fsp3) is 0.714. The van der Waals surface area contributed by atoms with E-state index >= 15 is 0 Å². The molecule has 4 rings (SSSR count). The van der Waals surface area contributed by atoms with Crippen LogP contribution in [0.1, 0.15) is 79.6 Å². The summed E-state index contributed by atoms with van der Waals surface area (Å²) in [6.45, 7) is 2.70. The Morgan fingerprint density at radius 3 is 2.40 bits per heavy atom. The number of nitrogens with zero attached hydrogens (tertiary/aromatic N) is 3. The van der Waals surface area contributed by atoms with E-state index in [0.717, 1.165) is 25.9 Å². The van der Waals surface area contributed by atoms with E-state index in [1.54, 1.807) is 6.07 Å². The second-order valence-corrected chi connectivity index (χ2v) is 11.3. The standard InChI is InChI=1S/C28H44N4O3/c1-30(2)19-26(33)28(35)31(18-20-7-4-3-5-8-20)13-14-32-24-11-12-25(32)17-23(16-24)21-9-6-10-22(15-21)27(29)34/h6,9-10,15,20,23-26,33H,3-5,7-8,11-14,16-19H2,1-2H3,(H2,29,34)/t23?,24-,25+,26?. The molecule has 2 bridgehead atoms. The van der Waals surface area contributed by atoms with Crippen molar-refractivity contribution in [2.45, 2.75) is 81.9 Å². The van der Waals surface area contributed by atoms with Crippen LogP contribution in [0.15, 0.2) is 24.3 Å². The van der Waals surface area contributed by atoms with Crippen molar-refractivity contribution in [2.24, 2.45) is 11.7 Å². The molecule has 194 valence electrons. The highest BCUT2D eigenvalue weighted by molar-refractivity contribution is 5.92. The minimum Gasteiger partial charge on any atom is -0.382 e. The molecule has 4 atom stereocenters. The Morgan fingerprint density at radius 2 is 1.77 bits per heavy atom. The Balaban J connectivity index is 1.39. The number of rotatable bonds is 10. The van der Waals surface area contributed by atoms with E-state index in [1.807, 2.05) is 36.0 Å². The number of amides is 2. The first-order chi connectivity index (χ1) is 16.8. The summed E-state index contributed by atoms with van der Waals surface area (Å²) in [5, 5.41) is 10.6. The molecule has 3 N–H and O–H groups in total. The maximum Gasteiger partial charge on any atom is 0.252 e. The van der Waals surface area contributed by atoms with Crippen molar-refractivity contribution in [3.63, 3.8) is 0 Å². The van der Waals surface area contributed by atoms with Crippen LogP contribution in [0.25, 0.3) is 0 Å². The van der Waals surface area contributed by atoms with E-state index in [9.17, 15) is 14.7 Å². The SMILES string of the molecule is CN(C)CC(O)C(=O)N(CCN1[C@@H]2CC[C@H]1CC(c1cccc(C(N)=O)c1)C2)CC1CCCCC1. The van der Waals surface area contributed by atoms with Gasteiger partial charge in [-0.25, -0.2) is 0 Å². The Bertz CT molecular complexity index is 856. The zero-order chi connectivity index (χ0) is 24.9. The van der Waals surface area contributed by atoms with Crippen LogP contribution in [0.3, 0.4) is 0 Å². The lowest BCUT2D eigenvalue weighted by molar-refractivity contribution is -0.142. The van der Waals surface area contributed by atoms with E-state index in [0.29, 0.717) is 42.6 Å². The monoisotopic (exact) mass is 484 g/mol. The van der Waals surface area contributed by atoms with Gasteiger partial charge in [-0.1, -0.05) is 31.4 Å². The minimum absolute atomic E-state index is 0.116. The van der Waals surface area contributed by atoms with Gasteiger partial charge in [-0.05, 0) is 82.2 Å². The second kappa shape index (κ2) is 11.8. The molecular formula is C28H44N4O3. The normalized spacial score (nSPS) is 26.1. The Hall–Kier alpha value is -1.96. The van der Waals surface area contributed by atoms with Crippen LogP contribution >= 0.6 is 0 Å². The molecule has 0 aromatic heterocycles. The number of hydrogen-bond acceptors (Lipinski definition) is 5. The highest BCUT2D eigenvalue weighted by Gasteiger charge is 2.41. The van der Waals surface area contributed by atoms with Gasteiger partial charge in [0.1, 0.15) is 6.10 Å². The lowest BCUT2D eigenvalue weighted by Crippen LogP contribution is -2.50. The van der Waals surface area contributed by atoms with E-state index in [-0.39, 0.29) is 11.8 Å². The lowest BCUT2D eigenvalue weighted by Gasteiger charge is -2.41. The molecule has 2 aliphatic heterocycles. The Morgan fingerprint density at radius 1 is 1.09 bits per heavy atom. The number of nitrogens with two attached hydrogens (primary N) is 1. The largest absolute Gasteiger partial charge is 0.382 e. The molecule has 3 fully saturated rings. The van der Waals surface area contributed by atoms with Crippen LogP contribution in [0.2, 0.25) is 0 Å². The van der Waals surface area contributed by atoms with Crippen molar-refractivity contribution >= 4 is 11.8 Å². The van der Waals surface area contributed by atoms with Gasteiger partial charge in [0, 0.05) is 43.8 Å². The average molecular weight is 485 g/mol. The average Bonchev–Trinajstić information content (AvgIpc) is 3.07. The molecule has 35 heavy (non-hydrogen) atoms. The molecule has 0 radical (unpaired) electrons. The number of carbonyl (C=O) groups is 2. The predicted octanol–water partition coefficient (Wildman–Crippen LogP) is 2.83. The zero-order valence-electron chi connectivity index (χ0n) is 21.6. The summed E-state index contributed by atoms with van der Waals surface area (Å²) in [6, 6.07) is 8.85. The van der Waals surface area contributed by atoms with Gasteiger partial charge in [-0.2, -0.15) is 0 Å². The zero-order valence-corrected chi connectivity index (χ0v) is 21.6. The van der Waals surface area contributed by atoms with Gasteiger partial charge < -0.3 is 20.6 Å². The molecule has 1 aromatic carbocycles. The number of likely N-dealkylation sites (N-methyl/N-ethyl adjacent to an activating group) is 1. The third-order valence-electron chi connectivity index (χ3n) is 8.49. The highest BCUT2D eigenvalue weighted by atomic mass is 16.3. The number of hydrogen-bond donors (Lipinski definition) is 2. The van der Waals surface area contributed by atoms with Crippen LogP contribution in [0, 0.1) is 5.92 Å². The smallest absolute Gasteiger partial charge is 0.252 e. The third-order valence-corrected chi connectivity index (χ3v) is 8.49. The van der Waals surface area contributed by atoms with Crippen molar-refractivity contribution in [3.05, 3.63) is 35.4 Å². The summed E-state index contributed by atoms with van der Waals surface area (Å²) >= 11 is 0. The molecule has 1 aromatic rings. The summed E-state index contributed by atoms with van der Waals surface area (Å²) in [5.41, 5.74) is 7.32. The van der Waals surface area contributed by atoms with Crippen molar-refractivity contribution in [1.82, 2.24) is 14.7 Å². The summed E-state index contributed by atoms with van der Waals surface area (Å²) in [7, 11) is 3.78. The minimum atomic E-state index is -0.964. The lowest BCUT2D eigenvalue weighted by atomic mass is 9.84. The first-order valence-electron chi connectivity index (χ1n) is 13.6. The number of piperidine rings is 1. The molecule has 1 saturated carbocycles. The van der Waals surface area contributed by atoms with Crippen LogP contribution < -0.4 is 5.73 Å². The Kier molecular flexibility index (Phi) is 8.84. The number of carbonyl (C=O) groups excluding carboxylic acids is 2. The fourth-order valence-electron chi connectivity index (χ4n) is 6.70. The van der Waals surface area contributed by atoms with Crippen molar-refractivity contribution in [2.75, 3.05) is 40.3 Å². The number of aliphatic hydroxyl groups excluding tert-OH is 1. The van der Waals surface area contributed by atoms with Gasteiger partial charge in [0.2, 0.25) is 5.91 Å². The van der Waals surface area contributed by atoms with Gasteiger partial charge in [0.05, 0.1) is 0 Å². The van der Waals surface area contributed by atoms with Crippen molar-refractivity contribution in [1.29, 1.82) is 0 Å². The Labute approximate surface area is 210 Å². The molecule has 2 heterocycles. The van der Waals surface area contributed by atoms with Gasteiger partial charge in [0.25, 0.3) is 5.91 Å². The summed E-state index contributed by atoms with van der Waals surface area (Å²) in [6.07, 6.45) is 9.76. The number of benzene rings is 1. The van der Waals surface area contributed by atoms with Crippen LogP contribution in [-0.2, 0) is 4.79 Å². The highest BCUT2D eigenvalue weighted by Crippen LogP contribution is 2.43. The van der Waals surface area contributed by atoms with Gasteiger partial charge in [-0.15, -0.1) is 0 Å². The second-order valence-electron chi connectivity index (χ2n) is 11.3. The number of aliphatic hydroxyl groups is 1. The van der Waals surface area contributed by atoms with E-state index in [1.165, 1.54) is 50.5 Å². The van der Waals surface area contributed by atoms with Crippen LogP contribution in [0.4, 0.5) is 0 Å². The fourth-order valence-corrected chi connectivity index (χ4v) is 6.70. The van der Waals surface area contributed by atoms with Crippen LogP contribution in [-0.4, -0.2) is 90.1 Å². The maximum atomic E-state index is 13.2. The third kappa shape index (κ3) is 6.63. The molecule has 2 unspecified atom stereocenters. The van der Waals surface area contributed by atoms with Crippen molar-refractivity contribution in [3.8, 4) is 0 Å². The molecule has 0 spiro atoms. The molecule has 3 aliphatic rings. The van der Waals surface area contributed by atoms with Gasteiger partial charge in [-0.3, -0.25) is 14.5 Å². The van der Waals surface area contributed by atoms with Crippen molar-refractivity contribution < 1.29 is 14.7 Å². The number of primary amides is 1. The quantitative estimate of drug-likeness (QED) is 0.533. The number of fused-ring (bicyclic) bond motifs is 2.